The SMILES string of the molecule is CCN(c1ccccc1)S(=O)(=O)c1ccc(OC)c(NC(=O)C[C@@H](C)c2ccccc2)c1. The predicted molar refractivity (Wildman–Crippen MR) is 128 cm³/mol. The van der Waals surface area contributed by atoms with Crippen LogP contribution in [0.4, 0.5) is 11.4 Å². The third-order valence-electron chi connectivity index (χ3n) is 5.22. The topological polar surface area (TPSA) is 75.7 Å². The molecule has 7 heteroatoms. The second-order valence-corrected chi connectivity index (χ2v) is 9.29. The van der Waals surface area contributed by atoms with Gasteiger partial charge in [-0.05, 0) is 48.7 Å². The first-order chi connectivity index (χ1) is 15.4. The predicted octanol–water partition coefficient (Wildman–Crippen LogP) is 5.04. The smallest absolute Gasteiger partial charge is 0.264 e. The van der Waals surface area contributed by atoms with E-state index in [-0.39, 0.29) is 29.7 Å². The molecule has 0 aliphatic heterocycles. The van der Waals surface area contributed by atoms with E-state index in [1.165, 1.54) is 23.5 Å². The van der Waals surface area contributed by atoms with E-state index in [9.17, 15) is 13.2 Å². The van der Waals surface area contributed by atoms with Gasteiger partial charge in [-0.1, -0.05) is 55.5 Å². The summed E-state index contributed by atoms with van der Waals surface area (Å²) in [5.41, 5.74) is 1.96. The minimum Gasteiger partial charge on any atom is -0.495 e. The molecule has 1 N–H and O–H groups in total. The second-order valence-electron chi connectivity index (χ2n) is 7.43. The fraction of sp³-hybridized carbons (Fsp3) is 0.240. The molecule has 168 valence electrons. The van der Waals surface area contributed by atoms with Crippen LogP contribution in [0.25, 0.3) is 0 Å². The highest BCUT2D eigenvalue weighted by Crippen LogP contribution is 2.31. The number of carbonyl (C=O) groups excluding carboxylic acids is 1. The third kappa shape index (κ3) is 5.29. The standard InChI is InChI=1S/C25H28N2O4S/c1-4-27(21-13-9-6-10-14-21)32(29,30)22-15-16-24(31-3)23(18-22)26-25(28)17-19(2)20-11-7-5-8-12-20/h5-16,18-19H,4,17H2,1-3H3,(H,26,28)/t19-/m1/s1. The minimum atomic E-state index is -3.83. The molecule has 3 rings (SSSR count). The van der Waals surface area contributed by atoms with Crippen molar-refractivity contribution >= 4 is 27.3 Å². The van der Waals surface area contributed by atoms with E-state index in [1.54, 1.807) is 37.3 Å². The minimum absolute atomic E-state index is 0.0165. The van der Waals surface area contributed by atoms with Gasteiger partial charge < -0.3 is 10.1 Å². The van der Waals surface area contributed by atoms with Crippen molar-refractivity contribution in [2.24, 2.45) is 0 Å². The molecule has 0 unspecified atom stereocenters. The van der Waals surface area contributed by atoms with Crippen LogP contribution in [0.15, 0.2) is 83.8 Å². The molecular weight excluding hydrogens is 424 g/mol. The number of rotatable bonds is 9. The van der Waals surface area contributed by atoms with Crippen molar-refractivity contribution in [2.45, 2.75) is 31.1 Å². The van der Waals surface area contributed by atoms with Crippen molar-refractivity contribution in [3.63, 3.8) is 0 Å². The van der Waals surface area contributed by atoms with Crippen molar-refractivity contribution in [2.75, 3.05) is 23.3 Å². The van der Waals surface area contributed by atoms with Gasteiger partial charge >= 0.3 is 0 Å². The van der Waals surface area contributed by atoms with Crippen LogP contribution in [0.5, 0.6) is 5.75 Å². The fourth-order valence-electron chi connectivity index (χ4n) is 3.54. The summed E-state index contributed by atoms with van der Waals surface area (Å²) < 4.78 is 33.4. The molecule has 0 bridgehead atoms. The van der Waals surface area contributed by atoms with E-state index in [2.05, 4.69) is 5.32 Å². The van der Waals surface area contributed by atoms with E-state index in [1.807, 2.05) is 43.3 Å². The summed E-state index contributed by atoms with van der Waals surface area (Å²) in [4.78, 5) is 12.8. The number of anilines is 2. The zero-order chi connectivity index (χ0) is 23.1. The number of ether oxygens (including phenoxy) is 1. The number of hydrogen-bond acceptors (Lipinski definition) is 4. The first-order valence-corrected chi connectivity index (χ1v) is 11.9. The summed E-state index contributed by atoms with van der Waals surface area (Å²) in [7, 11) is -2.35. The number of methoxy groups -OCH3 is 1. The number of para-hydroxylation sites is 1. The molecule has 3 aromatic rings. The molecule has 0 spiro atoms. The third-order valence-corrected chi connectivity index (χ3v) is 7.12. The van der Waals surface area contributed by atoms with Gasteiger partial charge in [0.25, 0.3) is 10.0 Å². The van der Waals surface area contributed by atoms with Crippen LogP contribution in [0.2, 0.25) is 0 Å². The summed E-state index contributed by atoms with van der Waals surface area (Å²) in [6.07, 6.45) is 0.259. The maximum absolute atomic E-state index is 13.3. The van der Waals surface area contributed by atoms with Crippen LogP contribution in [0, 0.1) is 0 Å². The van der Waals surface area contributed by atoms with Gasteiger partial charge in [-0.15, -0.1) is 0 Å². The van der Waals surface area contributed by atoms with Crippen molar-refractivity contribution in [3.8, 4) is 5.75 Å². The maximum atomic E-state index is 13.3. The van der Waals surface area contributed by atoms with Crippen molar-refractivity contribution in [1.29, 1.82) is 0 Å². The highest BCUT2D eigenvalue weighted by molar-refractivity contribution is 7.92. The zero-order valence-electron chi connectivity index (χ0n) is 18.5. The highest BCUT2D eigenvalue weighted by atomic mass is 32.2. The van der Waals surface area contributed by atoms with E-state index >= 15 is 0 Å². The van der Waals surface area contributed by atoms with E-state index in [4.69, 9.17) is 4.74 Å². The molecule has 0 aliphatic rings. The lowest BCUT2D eigenvalue weighted by Gasteiger charge is -2.23. The Balaban J connectivity index is 1.85. The Bertz CT molecular complexity index is 1150. The van der Waals surface area contributed by atoms with Crippen LogP contribution in [-0.4, -0.2) is 28.0 Å². The van der Waals surface area contributed by atoms with Gasteiger partial charge in [0.15, 0.2) is 0 Å². The van der Waals surface area contributed by atoms with E-state index in [0.717, 1.165) is 5.56 Å². The van der Waals surface area contributed by atoms with Gasteiger partial charge in [-0.25, -0.2) is 8.42 Å². The van der Waals surface area contributed by atoms with E-state index in [0.29, 0.717) is 17.1 Å². The molecule has 0 saturated carbocycles. The number of carbonyl (C=O) groups is 1. The number of amides is 1. The summed E-state index contributed by atoms with van der Waals surface area (Å²) in [5, 5.41) is 2.82. The molecule has 1 atom stereocenters. The van der Waals surface area contributed by atoms with Crippen LogP contribution in [0.3, 0.4) is 0 Å². The molecule has 3 aromatic carbocycles. The molecule has 0 radical (unpaired) electrons. The molecule has 0 saturated heterocycles. The lowest BCUT2D eigenvalue weighted by molar-refractivity contribution is -0.116. The summed E-state index contributed by atoms with van der Waals surface area (Å²) in [5.74, 6) is 0.194. The zero-order valence-corrected chi connectivity index (χ0v) is 19.3. The number of nitrogens with one attached hydrogen (secondary N) is 1. The average molecular weight is 453 g/mol. The van der Waals surface area contributed by atoms with Gasteiger partial charge in [0.05, 0.1) is 23.4 Å². The molecule has 32 heavy (non-hydrogen) atoms. The van der Waals surface area contributed by atoms with E-state index < -0.39 is 10.0 Å². The first-order valence-electron chi connectivity index (χ1n) is 10.5. The molecule has 0 aromatic heterocycles. The normalized spacial score (nSPS) is 12.1. The lowest BCUT2D eigenvalue weighted by Crippen LogP contribution is -2.30. The van der Waals surface area contributed by atoms with Crippen LogP contribution in [-0.2, 0) is 14.8 Å². The molecule has 1 amide bonds. The van der Waals surface area contributed by atoms with Gasteiger partial charge in [-0.3, -0.25) is 9.10 Å². The molecule has 0 heterocycles. The summed E-state index contributed by atoms with van der Waals surface area (Å²) in [6.45, 7) is 4.03. The Morgan fingerprint density at radius 3 is 2.22 bits per heavy atom. The van der Waals surface area contributed by atoms with Crippen LogP contribution in [0.1, 0.15) is 31.7 Å². The average Bonchev–Trinajstić information content (AvgIpc) is 2.80. The summed E-state index contributed by atoms with van der Waals surface area (Å²) >= 11 is 0. The van der Waals surface area contributed by atoms with Gasteiger partial charge in [-0.2, -0.15) is 0 Å². The Hall–Kier alpha value is -3.32. The highest BCUT2D eigenvalue weighted by Gasteiger charge is 2.25. The first kappa shape index (κ1) is 23.3. The van der Waals surface area contributed by atoms with Gasteiger partial charge in [0.2, 0.25) is 5.91 Å². The molecule has 6 nitrogen and oxygen atoms in total. The fourth-order valence-corrected chi connectivity index (χ4v) is 5.04. The second kappa shape index (κ2) is 10.3. The number of hydrogen-bond donors (Lipinski definition) is 1. The Morgan fingerprint density at radius 1 is 1.00 bits per heavy atom. The van der Waals surface area contributed by atoms with Crippen molar-refractivity contribution in [3.05, 3.63) is 84.4 Å². The van der Waals surface area contributed by atoms with Crippen LogP contribution < -0.4 is 14.4 Å². The molecule has 0 aliphatic carbocycles. The number of benzene rings is 3. The maximum Gasteiger partial charge on any atom is 0.264 e. The summed E-state index contributed by atoms with van der Waals surface area (Å²) in [6, 6.07) is 23.2. The van der Waals surface area contributed by atoms with Crippen molar-refractivity contribution in [1.82, 2.24) is 0 Å². The largest absolute Gasteiger partial charge is 0.495 e. The number of nitrogens with zero attached hydrogens (tertiary/aromatic N) is 1. The molecule has 0 fully saturated rings. The van der Waals surface area contributed by atoms with Gasteiger partial charge in [0, 0.05) is 13.0 Å². The Morgan fingerprint density at radius 2 is 1.62 bits per heavy atom. The quantitative estimate of drug-likeness (QED) is 0.493. The lowest BCUT2D eigenvalue weighted by atomic mass is 9.97. The molecular formula is C25H28N2O4S. The van der Waals surface area contributed by atoms with Crippen LogP contribution >= 0.6 is 0 Å². The Kier molecular flexibility index (Phi) is 7.53. The monoisotopic (exact) mass is 452 g/mol. The Labute approximate surface area is 189 Å². The number of sulfonamides is 1. The van der Waals surface area contributed by atoms with Crippen molar-refractivity contribution < 1.29 is 17.9 Å². The van der Waals surface area contributed by atoms with Gasteiger partial charge in [0.1, 0.15) is 5.75 Å².